The zero-order valence-corrected chi connectivity index (χ0v) is 15.4. The monoisotopic (exact) mass is 385 g/mol. The zero-order valence-electron chi connectivity index (χ0n) is 15.4. The van der Waals surface area contributed by atoms with Gasteiger partial charge in [-0.05, 0) is 25.1 Å². The third-order valence-corrected chi connectivity index (χ3v) is 4.76. The molecule has 4 rings (SSSR count). The van der Waals surface area contributed by atoms with Crippen molar-refractivity contribution in [1.29, 1.82) is 0 Å². The Bertz CT molecular complexity index is 1020. The van der Waals surface area contributed by atoms with Gasteiger partial charge in [-0.1, -0.05) is 11.2 Å². The van der Waals surface area contributed by atoms with Crippen LogP contribution in [0.4, 0.5) is 10.2 Å². The molecule has 0 atom stereocenters. The second-order valence-electron chi connectivity index (χ2n) is 6.82. The van der Waals surface area contributed by atoms with Gasteiger partial charge in [0.05, 0.1) is 6.54 Å². The van der Waals surface area contributed by atoms with Crippen molar-refractivity contribution in [2.45, 2.75) is 6.92 Å². The number of halogens is 1. The van der Waals surface area contributed by atoms with Gasteiger partial charge in [-0.2, -0.15) is 0 Å². The fraction of sp³-hybridized carbons (Fsp3) is 0.316. The third-order valence-electron chi connectivity index (χ3n) is 4.76. The van der Waals surface area contributed by atoms with E-state index >= 15 is 0 Å². The molecule has 2 aromatic heterocycles. The van der Waals surface area contributed by atoms with E-state index in [2.05, 4.69) is 15.5 Å². The molecule has 3 heterocycles. The fourth-order valence-corrected chi connectivity index (χ4v) is 3.32. The average Bonchev–Trinajstić information content (AvgIpc) is 3.29. The molecule has 1 aliphatic rings. The van der Waals surface area contributed by atoms with Crippen LogP contribution in [0, 0.1) is 12.7 Å². The summed E-state index contributed by atoms with van der Waals surface area (Å²) in [4.78, 5) is 31.5. The van der Waals surface area contributed by atoms with E-state index in [0.29, 0.717) is 54.4 Å². The Labute approximate surface area is 160 Å². The fourth-order valence-electron chi connectivity index (χ4n) is 3.32. The first kappa shape index (κ1) is 18.2. The van der Waals surface area contributed by atoms with Gasteiger partial charge in [-0.25, -0.2) is 4.39 Å². The normalized spacial score (nSPS) is 15.1. The maximum atomic E-state index is 13.8. The van der Waals surface area contributed by atoms with Crippen molar-refractivity contribution >= 4 is 28.5 Å². The van der Waals surface area contributed by atoms with Gasteiger partial charge < -0.3 is 19.7 Å². The summed E-state index contributed by atoms with van der Waals surface area (Å²) in [7, 11) is 0. The number of hydrogen-bond donors (Lipinski definition) is 2. The lowest BCUT2D eigenvalue weighted by atomic mass is 10.2. The molecule has 2 N–H and O–H groups in total. The van der Waals surface area contributed by atoms with Crippen LogP contribution in [0.1, 0.15) is 16.2 Å². The highest BCUT2D eigenvalue weighted by molar-refractivity contribution is 5.98. The summed E-state index contributed by atoms with van der Waals surface area (Å²) in [6.45, 7) is 4.10. The number of nitrogens with one attached hydrogen (secondary N) is 2. The van der Waals surface area contributed by atoms with E-state index in [0.717, 1.165) is 0 Å². The van der Waals surface area contributed by atoms with E-state index in [-0.39, 0.29) is 24.2 Å². The number of H-pyrrole nitrogens is 1. The topological polar surface area (TPSA) is 94.5 Å². The SMILES string of the molecule is Cc1cc(NC(=O)CN2CCN(C(=O)c3cc4c(F)cccc4[nH]3)CC2)no1. The minimum atomic E-state index is -0.356. The molecule has 1 saturated heterocycles. The van der Waals surface area contributed by atoms with Crippen LogP contribution in [-0.4, -0.2) is 64.5 Å². The average molecular weight is 385 g/mol. The first-order chi connectivity index (χ1) is 13.5. The number of aromatic nitrogens is 2. The Balaban J connectivity index is 1.32. The van der Waals surface area contributed by atoms with Gasteiger partial charge in [0.15, 0.2) is 5.82 Å². The molecule has 0 bridgehead atoms. The van der Waals surface area contributed by atoms with Crippen LogP contribution in [0.2, 0.25) is 0 Å². The molecule has 0 spiro atoms. The Morgan fingerprint density at radius 3 is 2.71 bits per heavy atom. The molecular weight excluding hydrogens is 365 g/mol. The lowest BCUT2D eigenvalue weighted by molar-refractivity contribution is -0.117. The van der Waals surface area contributed by atoms with Crippen LogP contribution in [0.5, 0.6) is 0 Å². The molecule has 146 valence electrons. The van der Waals surface area contributed by atoms with Gasteiger partial charge in [-0.15, -0.1) is 0 Å². The molecule has 1 fully saturated rings. The molecule has 1 aliphatic heterocycles. The quantitative estimate of drug-likeness (QED) is 0.716. The van der Waals surface area contributed by atoms with Crippen molar-refractivity contribution < 1.29 is 18.5 Å². The minimum Gasteiger partial charge on any atom is -0.360 e. The number of benzene rings is 1. The lowest BCUT2D eigenvalue weighted by Gasteiger charge is -2.34. The highest BCUT2D eigenvalue weighted by Gasteiger charge is 2.24. The molecule has 8 nitrogen and oxygen atoms in total. The predicted octanol–water partition coefficient (Wildman–Crippen LogP) is 2.00. The summed E-state index contributed by atoms with van der Waals surface area (Å²) in [5.74, 6) is 0.310. The standard InChI is InChI=1S/C19H20FN5O3/c1-12-9-17(23-28-12)22-18(26)11-24-5-7-25(8-6-24)19(27)16-10-13-14(20)3-2-4-15(13)21-16/h2-4,9-10,21H,5-8,11H2,1H3,(H,22,23,26). The van der Waals surface area contributed by atoms with Gasteiger partial charge in [-0.3, -0.25) is 14.5 Å². The van der Waals surface area contributed by atoms with Gasteiger partial charge in [0.25, 0.3) is 5.91 Å². The van der Waals surface area contributed by atoms with E-state index in [4.69, 9.17) is 4.52 Å². The Morgan fingerprint density at radius 1 is 1.25 bits per heavy atom. The number of amides is 2. The van der Waals surface area contributed by atoms with Gasteiger partial charge in [0.1, 0.15) is 17.3 Å². The van der Waals surface area contributed by atoms with Crippen molar-refractivity contribution in [2.75, 3.05) is 38.0 Å². The second-order valence-corrected chi connectivity index (χ2v) is 6.82. The molecule has 28 heavy (non-hydrogen) atoms. The summed E-state index contributed by atoms with van der Waals surface area (Å²) < 4.78 is 18.8. The number of aryl methyl sites for hydroxylation is 1. The van der Waals surface area contributed by atoms with Crippen molar-refractivity contribution in [2.24, 2.45) is 0 Å². The summed E-state index contributed by atoms with van der Waals surface area (Å²) in [6.07, 6.45) is 0. The summed E-state index contributed by atoms with van der Waals surface area (Å²) in [5, 5.41) is 6.82. The summed E-state index contributed by atoms with van der Waals surface area (Å²) >= 11 is 0. The minimum absolute atomic E-state index is 0.169. The second kappa shape index (κ2) is 7.43. The molecule has 0 radical (unpaired) electrons. The van der Waals surface area contributed by atoms with Gasteiger partial charge >= 0.3 is 0 Å². The number of rotatable bonds is 4. The molecule has 0 unspecified atom stereocenters. The third kappa shape index (κ3) is 3.74. The van der Waals surface area contributed by atoms with Crippen LogP contribution in [-0.2, 0) is 4.79 Å². The van der Waals surface area contributed by atoms with E-state index in [1.807, 2.05) is 4.90 Å². The number of fused-ring (bicyclic) bond motifs is 1. The molecule has 2 amide bonds. The number of carbonyl (C=O) groups is 2. The van der Waals surface area contributed by atoms with Crippen LogP contribution in [0.3, 0.4) is 0 Å². The number of hydrogen-bond acceptors (Lipinski definition) is 5. The maximum absolute atomic E-state index is 13.8. The van der Waals surface area contributed by atoms with Gasteiger partial charge in [0.2, 0.25) is 5.91 Å². The van der Waals surface area contributed by atoms with E-state index in [1.165, 1.54) is 6.07 Å². The largest absolute Gasteiger partial charge is 0.360 e. The van der Waals surface area contributed by atoms with Crippen molar-refractivity contribution in [3.63, 3.8) is 0 Å². The molecule has 3 aromatic rings. The van der Waals surface area contributed by atoms with Crippen LogP contribution in [0.25, 0.3) is 10.9 Å². The first-order valence-electron chi connectivity index (χ1n) is 9.01. The number of aromatic amines is 1. The van der Waals surface area contributed by atoms with Crippen molar-refractivity contribution in [1.82, 2.24) is 19.9 Å². The summed E-state index contributed by atoms with van der Waals surface area (Å²) in [5.41, 5.74) is 0.967. The first-order valence-corrected chi connectivity index (χ1v) is 9.01. The number of nitrogens with zero attached hydrogens (tertiary/aromatic N) is 3. The highest BCUT2D eigenvalue weighted by Crippen LogP contribution is 2.20. The molecule has 9 heteroatoms. The van der Waals surface area contributed by atoms with Gasteiger partial charge in [0, 0.05) is 43.1 Å². The number of anilines is 1. The van der Waals surface area contributed by atoms with Crippen LogP contribution < -0.4 is 5.32 Å². The smallest absolute Gasteiger partial charge is 0.270 e. The van der Waals surface area contributed by atoms with E-state index in [9.17, 15) is 14.0 Å². The Kier molecular flexibility index (Phi) is 4.82. The van der Waals surface area contributed by atoms with Crippen molar-refractivity contribution in [3.05, 3.63) is 47.6 Å². The van der Waals surface area contributed by atoms with E-state index < -0.39 is 0 Å². The Morgan fingerprint density at radius 2 is 2.04 bits per heavy atom. The highest BCUT2D eigenvalue weighted by atomic mass is 19.1. The number of carbonyl (C=O) groups excluding carboxylic acids is 2. The molecule has 0 saturated carbocycles. The molecule has 1 aromatic carbocycles. The predicted molar refractivity (Wildman–Crippen MR) is 100 cm³/mol. The molecule has 0 aliphatic carbocycles. The number of piperazine rings is 1. The van der Waals surface area contributed by atoms with Crippen molar-refractivity contribution in [3.8, 4) is 0 Å². The van der Waals surface area contributed by atoms with E-state index in [1.54, 1.807) is 36.1 Å². The molecular formula is C19H20FN5O3. The Hall–Kier alpha value is -3.20. The van der Waals surface area contributed by atoms with Crippen LogP contribution >= 0.6 is 0 Å². The van der Waals surface area contributed by atoms with Crippen LogP contribution in [0.15, 0.2) is 34.9 Å². The lowest BCUT2D eigenvalue weighted by Crippen LogP contribution is -2.50. The maximum Gasteiger partial charge on any atom is 0.270 e. The summed E-state index contributed by atoms with van der Waals surface area (Å²) in [6, 6.07) is 7.91. The zero-order chi connectivity index (χ0) is 19.7.